The number of halogens is 2. The fourth-order valence-electron chi connectivity index (χ4n) is 0.730. The molecule has 0 aliphatic rings. The molecule has 0 saturated carbocycles. The molecular formula is C7H6BrFN2. The summed E-state index contributed by atoms with van der Waals surface area (Å²) < 4.78 is 13.3. The molecule has 0 unspecified atom stereocenters. The summed E-state index contributed by atoms with van der Waals surface area (Å²) in [6.07, 6.45) is 1.02. The highest BCUT2D eigenvalue weighted by Crippen LogP contribution is 2.23. The number of rotatable bonds is 1. The Balaban J connectivity index is 3.40. The minimum absolute atomic E-state index is 0.00868. The molecule has 1 aromatic rings. The van der Waals surface area contributed by atoms with Crippen molar-refractivity contribution in [1.29, 1.82) is 5.41 Å². The Morgan fingerprint density at radius 1 is 1.55 bits per heavy atom. The molecule has 1 aromatic carbocycles. The zero-order valence-corrected chi connectivity index (χ0v) is 7.15. The molecule has 4 heteroatoms. The first kappa shape index (κ1) is 8.20. The van der Waals surface area contributed by atoms with Crippen LogP contribution in [0.3, 0.4) is 0 Å². The molecule has 0 heterocycles. The Bertz CT molecular complexity index is 299. The summed E-state index contributed by atoms with van der Waals surface area (Å²) in [5.74, 6) is -0.494. The van der Waals surface area contributed by atoms with Crippen molar-refractivity contribution in [2.24, 2.45) is 0 Å². The lowest BCUT2D eigenvalue weighted by molar-refractivity contribution is 0.632. The van der Waals surface area contributed by atoms with Crippen LogP contribution >= 0.6 is 15.9 Å². The van der Waals surface area contributed by atoms with Crippen molar-refractivity contribution in [2.75, 3.05) is 5.73 Å². The smallest absolute Gasteiger partial charge is 0.146 e. The van der Waals surface area contributed by atoms with Gasteiger partial charge in [-0.1, -0.05) is 15.9 Å². The average molecular weight is 217 g/mol. The van der Waals surface area contributed by atoms with Gasteiger partial charge in [0.15, 0.2) is 0 Å². The van der Waals surface area contributed by atoms with Crippen LogP contribution in [0.4, 0.5) is 10.1 Å². The first-order valence-electron chi connectivity index (χ1n) is 2.90. The standard InChI is InChI=1S/C7H6BrFN2/c8-5-1-2-6(9)7(11)4(5)3-10/h1-3,10H,11H2. The lowest BCUT2D eigenvalue weighted by Crippen LogP contribution is -1.97. The SMILES string of the molecule is N=Cc1c(Br)ccc(F)c1N. The van der Waals surface area contributed by atoms with Crippen LogP contribution in [0.2, 0.25) is 0 Å². The molecule has 1 rings (SSSR count). The molecule has 0 bridgehead atoms. The van der Waals surface area contributed by atoms with Crippen LogP contribution < -0.4 is 5.73 Å². The molecule has 2 nitrogen and oxygen atoms in total. The summed E-state index contributed by atoms with van der Waals surface area (Å²) in [6, 6.07) is 2.78. The van der Waals surface area contributed by atoms with Gasteiger partial charge in [0.2, 0.25) is 0 Å². The maximum absolute atomic E-state index is 12.7. The minimum Gasteiger partial charge on any atom is -0.396 e. The van der Waals surface area contributed by atoms with Crippen molar-refractivity contribution < 1.29 is 4.39 Å². The van der Waals surface area contributed by atoms with E-state index in [-0.39, 0.29) is 5.69 Å². The normalized spacial score (nSPS) is 9.64. The molecule has 0 radical (unpaired) electrons. The van der Waals surface area contributed by atoms with Gasteiger partial charge < -0.3 is 11.1 Å². The summed E-state index contributed by atoms with van der Waals surface area (Å²) in [4.78, 5) is 0. The van der Waals surface area contributed by atoms with Crippen LogP contribution in [0, 0.1) is 11.2 Å². The van der Waals surface area contributed by atoms with Crippen LogP contribution in [0.5, 0.6) is 0 Å². The molecule has 0 aliphatic heterocycles. The van der Waals surface area contributed by atoms with Crippen LogP contribution in [0.1, 0.15) is 5.56 Å². The third-order valence-corrected chi connectivity index (χ3v) is 2.02. The van der Waals surface area contributed by atoms with E-state index < -0.39 is 5.82 Å². The Morgan fingerprint density at radius 3 is 2.64 bits per heavy atom. The lowest BCUT2D eigenvalue weighted by Gasteiger charge is -2.02. The van der Waals surface area contributed by atoms with Gasteiger partial charge in [-0.3, -0.25) is 0 Å². The molecular weight excluding hydrogens is 211 g/mol. The molecule has 0 amide bonds. The second-order valence-corrected chi connectivity index (χ2v) is 2.86. The molecule has 58 valence electrons. The van der Waals surface area contributed by atoms with E-state index in [0.717, 1.165) is 6.21 Å². The highest BCUT2D eigenvalue weighted by molar-refractivity contribution is 9.10. The Hall–Kier alpha value is -0.900. The summed E-state index contributed by atoms with van der Waals surface area (Å²) in [5, 5.41) is 6.92. The number of nitrogens with one attached hydrogen (secondary N) is 1. The largest absolute Gasteiger partial charge is 0.396 e. The third-order valence-electron chi connectivity index (χ3n) is 1.33. The molecule has 0 aliphatic carbocycles. The number of benzene rings is 1. The van der Waals surface area contributed by atoms with E-state index in [1.807, 2.05) is 0 Å². The Morgan fingerprint density at radius 2 is 2.18 bits per heavy atom. The van der Waals surface area contributed by atoms with E-state index in [9.17, 15) is 4.39 Å². The van der Waals surface area contributed by atoms with Crippen molar-refractivity contribution in [3.63, 3.8) is 0 Å². The fourth-order valence-corrected chi connectivity index (χ4v) is 1.19. The minimum atomic E-state index is -0.494. The Kier molecular flexibility index (Phi) is 2.24. The van der Waals surface area contributed by atoms with Gasteiger partial charge in [0, 0.05) is 16.3 Å². The number of anilines is 1. The van der Waals surface area contributed by atoms with Gasteiger partial charge in [0.25, 0.3) is 0 Å². The number of hydrogen-bond donors (Lipinski definition) is 2. The second-order valence-electron chi connectivity index (χ2n) is 2.00. The number of nitrogens with two attached hydrogens (primary N) is 1. The zero-order chi connectivity index (χ0) is 8.43. The summed E-state index contributed by atoms with van der Waals surface area (Å²) in [5.41, 5.74) is 5.73. The Labute approximate surface area is 71.9 Å². The van der Waals surface area contributed by atoms with E-state index >= 15 is 0 Å². The van der Waals surface area contributed by atoms with E-state index in [0.29, 0.717) is 10.0 Å². The molecule has 0 saturated heterocycles. The topological polar surface area (TPSA) is 49.9 Å². The van der Waals surface area contributed by atoms with Gasteiger partial charge >= 0.3 is 0 Å². The highest BCUT2D eigenvalue weighted by Gasteiger charge is 2.05. The highest BCUT2D eigenvalue weighted by atomic mass is 79.9. The average Bonchev–Trinajstić information content (AvgIpc) is 1.99. The van der Waals surface area contributed by atoms with Crippen LogP contribution in [0.25, 0.3) is 0 Å². The maximum Gasteiger partial charge on any atom is 0.146 e. The molecule has 0 spiro atoms. The molecule has 0 aromatic heterocycles. The van der Waals surface area contributed by atoms with Gasteiger partial charge in [-0.2, -0.15) is 0 Å². The quantitative estimate of drug-likeness (QED) is 0.549. The van der Waals surface area contributed by atoms with Crippen molar-refractivity contribution in [3.8, 4) is 0 Å². The van der Waals surface area contributed by atoms with Crippen molar-refractivity contribution in [1.82, 2.24) is 0 Å². The van der Waals surface area contributed by atoms with Crippen molar-refractivity contribution in [2.45, 2.75) is 0 Å². The van der Waals surface area contributed by atoms with Gasteiger partial charge in [-0.25, -0.2) is 4.39 Å². The lowest BCUT2D eigenvalue weighted by atomic mass is 10.2. The predicted octanol–water partition coefficient (Wildman–Crippen LogP) is 2.17. The first-order chi connectivity index (χ1) is 5.16. The van der Waals surface area contributed by atoms with E-state index in [1.165, 1.54) is 12.1 Å². The first-order valence-corrected chi connectivity index (χ1v) is 3.70. The fraction of sp³-hybridized carbons (Fsp3) is 0. The van der Waals surface area contributed by atoms with Gasteiger partial charge in [0.05, 0.1) is 5.69 Å². The van der Waals surface area contributed by atoms with Crippen molar-refractivity contribution in [3.05, 3.63) is 28.0 Å². The molecule has 0 atom stereocenters. The number of nitrogen functional groups attached to an aromatic ring is 1. The maximum atomic E-state index is 12.7. The monoisotopic (exact) mass is 216 g/mol. The molecule has 0 fully saturated rings. The van der Waals surface area contributed by atoms with Gasteiger partial charge in [-0.05, 0) is 12.1 Å². The van der Waals surface area contributed by atoms with Crippen LogP contribution in [-0.2, 0) is 0 Å². The third kappa shape index (κ3) is 1.40. The molecule has 11 heavy (non-hydrogen) atoms. The second kappa shape index (κ2) is 3.00. The van der Waals surface area contributed by atoms with Crippen LogP contribution in [0.15, 0.2) is 16.6 Å². The van der Waals surface area contributed by atoms with E-state index in [2.05, 4.69) is 15.9 Å². The van der Waals surface area contributed by atoms with Gasteiger partial charge in [0.1, 0.15) is 5.82 Å². The summed E-state index contributed by atoms with van der Waals surface area (Å²) >= 11 is 3.14. The number of hydrogen-bond acceptors (Lipinski definition) is 2. The van der Waals surface area contributed by atoms with E-state index in [4.69, 9.17) is 11.1 Å². The summed E-state index contributed by atoms with van der Waals surface area (Å²) in [6.45, 7) is 0. The van der Waals surface area contributed by atoms with E-state index in [1.54, 1.807) is 0 Å². The predicted molar refractivity (Wildman–Crippen MR) is 46.4 cm³/mol. The van der Waals surface area contributed by atoms with Crippen molar-refractivity contribution >= 4 is 27.8 Å². The van der Waals surface area contributed by atoms with Gasteiger partial charge in [-0.15, -0.1) is 0 Å². The summed E-state index contributed by atoms with van der Waals surface area (Å²) in [7, 11) is 0. The molecule has 3 N–H and O–H groups in total. The van der Waals surface area contributed by atoms with Crippen LogP contribution in [-0.4, -0.2) is 6.21 Å². The zero-order valence-electron chi connectivity index (χ0n) is 5.57.